The molecule has 0 aliphatic carbocycles. The Balaban J connectivity index is -0.000000405. The Morgan fingerprint density at radius 3 is 1.75 bits per heavy atom. The van der Waals surface area contributed by atoms with Crippen molar-refractivity contribution in [3.8, 4) is 0 Å². The summed E-state index contributed by atoms with van der Waals surface area (Å²) in [5, 5.41) is 18.4. The van der Waals surface area contributed by atoms with Crippen LogP contribution in [-0.4, -0.2) is 31.4 Å². The predicted molar refractivity (Wildman–Crippen MR) is 29.7 cm³/mol. The van der Waals surface area contributed by atoms with E-state index in [9.17, 15) is 18.6 Å². The second-order valence-corrected chi connectivity index (χ2v) is 3.49. The fraction of sp³-hybridized carbons (Fsp3) is 1.00. The first-order chi connectivity index (χ1) is 4.52. The maximum absolute atomic E-state index is 10.2. The quantitative estimate of drug-likeness (QED) is 0.370. The summed E-state index contributed by atoms with van der Waals surface area (Å²) in [6.45, 7) is -1.62. The molecule has 0 aromatic rings. The van der Waals surface area contributed by atoms with E-state index in [0.717, 1.165) is 0 Å². The normalized spacial score (nSPS) is 12.6. The van der Waals surface area contributed by atoms with Gasteiger partial charge in [0.15, 0.2) is 0 Å². The molecule has 0 saturated heterocycles. The fourth-order valence-corrected chi connectivity index (χ4v) is 1.02. The Kier molecular flexibility index (Phi) is 15.2. The first-order valence-electron chi connectivity index (χ1n) is 2.65. The predicted octanol–water partition coefficient (Wildman–Crippen LogP) is -8.64. The second kappa shape index (κ2) is 9.39. The molecule has 0 rings (SSSR count). The van der Waals surface area contributed by atoms with Gasteiger partial charge in [-0.3, -0.25) is 4.55 Å². The molecule has 0 radical (unpaired) electrons. The summed E-state index contributed by atoms with van der Waals surface area (Å²) >= 11 is 0. The zero-order chi connectivity index (χ0) is 8.20. The third-order valence-corrected chi connectivity index (χ3v) is 2.26. The summed E-state index contributed by atoms with van der Waals surface area (Å²) in [4.78, 5) is 0. The Morgan fingerprint density at radius 2 is 1.67 bits per heavy atom. The molecule has 8 heteroatoms. The monoisotopic (exact) mass is 214 g/mol. The average Bonchev–Trinajstić information content (AvgIpc) is 1.80. The molecule has 0 heterocycles. The van der Waals surface area contributed by atoms with Crippen molar-refractivity contribution in [3.05, 3.63) is 0 Å². The second-order valence-electron chi connectivity index (χ2n) is 1.80. The van der Waals surface area contributed by atoms with Crippen LogP contribution in [0.4, 0.5) is 0 Å². The van der Waals surface area contributed by atoms with Crippen LogP contribution < -0.4 is 69.3 Å². The maximum atomic E-state index is 10.2. The minimum Gasteiger partial charge on any atom is -0.854 e. The number of rotatable bonds is 4. The third-order valence-electron chi connectivity index (χ3n) is 1.05. The Morgan fingerprint density at radius 1 is 1.25 bits per heavy atom. The maximum Gasteiger partial charge on any atom is 1.00 e. The molecule has 0 aromatic carbocycles. The van der Waals surface area contributed by atoms with Crippen LogP contribution in [-0.2, 0) is 10.1 Å². The molecule has 0 amide bonds. The molecule has 0 spiro atoms. The summed E-state index contributed by atoms with van der Waals surface area (Å²) in [6.07, 6.45) is -0.317. The summed E-state index contributed by atoms with van der Waals surface area (Å²) in [5.41, 5.74) is 0. The number of hydrogen-bond donors (Lipinski definition) is 1. The minimum absolute atomic E-state index is 0. The molecule has 0 aliphatic rings. The van der Waals surface area contributed by atoms with Crippen molar-refractivity contribution >= 4 is 10.1 Å². The molecular weight excluding hydrogens is 206 g/mol. The van der Waals surface area contributed by atoms with Gasteiger partial charge in [0.1, 0.15) is 0 Å². The van der Waals surface area contributed by atoms with Gasteiger partial charge in [0, 0.05) is 0 Å². The van der Waals surface area contributed by atoms with Crippen LogP contribution in [0.1, 0.15) is 6.42 Å². The van der Waals surface area contributed by atoms with E-state index in [4.69, 9.17) is 4.55 Å². The molecule has 0 aromatic heterocycles. The SMILES string of the molecule is O=S(=O)(O)C(C[O-])CC[O-].[Na+].[Na+]. The average molecular weight is 214 g/mol. The molecular formula is C4H8Na2O5S. The van der Waals surface area contributed by atoms with Crippen molar-refractivity contribution in [1.29, 1.82) is 0 Å². The van der Waals surface area contributed by atoms with Gasteiger partial charge in [-0.25, -0.2) is 0 Å². The summed E-state index contributed by atoms with van der Waals surface area (Å²) in [6, 6.07) is 0. The van der Waals surface area contributed by atoms with E-state index in [0.29, 0.717) is 0 Å². The standard InChI is InChI=1S/C4H8O5S.2Na/c5-2-1-4(3-6)10(7,8)9;;/h4H,1-3H2,(H,7,8,9);;/q-2;2*+1. The molecule has 5 nitrogen and oxygen atoms in total. The summed E-state index contributed by atoms with van der Waals surface area (Å²) in [7, 11) is -4.29. The molecule has 62 valence electrons. The van der Waals surface area contributed by atoms with E-state index >= 15 is 0 Å². The van der Waals surface area contributed by atoms with Gasteiger partial charge < -0.3 is 10.2 Å². The Bertz CT molecular complexity index is 180. The van der Waals surface area contributed by atoms with Gasteiger partial charge in [-0.1, -0.05) is 6.42 Å². The molecule has 0 saturated carbocycles. The van der Waals surface area contributed by atoms with Gasteiger partial charge in [0.25, 0.3) is 10.1 Å². The van der Waals surface area contributed by atoms with Crippen LogP contribution in [0.5, 0.6) is 0 Å². The van der Waals surface area contributed by atoms with Crippen molar-refractivity contribution in [1.82, 2.24) is 0 Å². The van der Waals surface area contributed by atoms with Gasteiger partial charge in [0.05, 0.1) is 5.25 Å². The largest absolute Gasteiger partial charge is 1.00 e. The molecule has 1 unspecified atom stereocenters. The molecule has 12 heavy (non-hydrogen) atoms. The van der Waals surface area contributed by atoms with Gasteiger partial charge in [0.2, 0.25) is 0 Å². The van der Waals surface area contributed by atoms with Crippen molar-refractivity contribution < 1.29 is 82.3 Å². The molecule has 1 N–H and O–H groups in total. The van der Waals surface area contributed by atoms with E-state index in [1.54, 1.807) is 0 Å². The van der Waals surface area contributed by atoms with Crippen LogP contribution >= 0.6 is 0 Å². The Hall–Kier alpha value is 1.83. The molecule has 1 atom stereocenters. The van der Waals surface area contributed by atoms with Gasteiger partial charge >= 0.3 is 59.1 Å². The van der Waals surface area contributed by atoms with E-state index in [2.05, 4.69) is 0 Å². The molecule has 0 bridgehead atoms. The zero-order valence-electron chi connectivity index (χ0n) is 7.19. The van der Waals surface area contributed by atoms with Crippen molar-refractivity contribution in [2.24, 2.45) is 0 Å². The van der Waals surface area contributed by atoms with Crippen molar-refractivity contribution in [3.63, 3.8) is 0 Å². The molecule has 0 aliphatic heterocycles. The van der Waals surface area contributed by atoms with E-state index < -0.39 is 28.6 Å². The third kappa shape index (κ3) is 8.43. The van der Waals surface area contributed by atoms with Crippen LogP contribution in [0.2, 0.25) is 0 Å². The number of hydrogen-bond acceptors (Lipinski definition) is 4. The van der Waals surface area contributed by atoms with E-state index in [1.807, 2.05) is 0 Å². The van der Waals surface area contributed by atoms with E-state index in [-0.39, 0.29) is 65.5 Å². The van der Waals surface area contributed by atoms with Crippen LogP contribution in [0.15, 0.2) is 0 Å². The van der Waals surface area contributed by atoms with Gasteiger partial charge in [-0.15, -0.1) is 13.2 Å². The zero-order valence-corrected chi connectivity index (χ0v) is 12.0. The first-order valence-corrected chi connectivity index (χ1v) is 4.15. The Labute approximate surface area is 116 Å². The topological polar surface area (TPSA) is 100 Å². The smallest absolute Gasteiger partial charge is 0.854 e. The van der Waals surface area contributed by atoms with Crippen molar-refractivity contribution in [2.45, 2.75) is 11.7 Å². The minimum atomic E-state index is -4.29. The van der Waals surface area contributed by atoms with Gasteiger partial charge in [-0.2, -0.15) is 8.42 Å². The summed E-state index contributed by atoms with van der Waals surface area (Å²) < 4.78 is 28.6. The van der Waals surface area contributed by atoms with Gasteiger partial charge in [-0.05, 0) is 0 Å². The van der Waals surface area contributed by atoms with Crippen LogP contribution in [0, 0.1) is 0 Å². The fourth-order valence-electron chi connectivity index (χ4n) is 0.450. The van der Waals surface area contributed by atoms with Crippen LogP contribution in [0.3, 0.4) is 0 Å². The molecule has 0 fully saturated rings. The van der Waals surface area contributed by atoms with E-state index in [1.165, 1.54) is 0 Å². The van der Waals surface area contributed by atoms with Crippen molar-refractivity contribution in [2.75, 3.05) is 13.2 Å². The summed E-state index contributed by atoms with van der Waals surface area (Å²) in [5.74, 6) is 0. The van der Waals surface area contributed by atoms with Crippen LogP contribution in [0.25, 0.3) is 0 Å². The first kappa shape index (κ1) is 19.4.